The van der Waals surface area contributed by atoms with Gasteiger partial charge in [0.2, 0.25) is 0 Å². The predicted molar refractivity (Wildman–Crippen MR) is 90.8 cm³/mol. The Labute approximate surface area is 137 Å². The van der Waals surface area contributed by atoms with Gasteiger partial charge in [0.1, 0.15) is 5.54 Å². The molecule has 23 heavy (non-hydrogen) atoms. The molecule has 1 aliphatic heterocycles. The number of urea groups is 1. The van der Waals surface area contributed by atoms with Crippen LogP contribution in [0.2, 0.25) is 0 Å². The van der Waals surface area contributed by atoms with Gasteiger partial charge in [-0.2, -0.15) is 0 Å². The summed E-state index contributed by atoms with van der Waals surface area (Å²) in [5.41, 5.74) is 0.429. The number of benzene rings is 1. The Balaban J connectivity index is 1.67. The molecule has 1 aromatic rings. The topological polar surface area (TPSA) is 49.4 Å². The second kappa shape index (κ2) is 6.99. The molecular formula is C19H24N2O2. The molecule has 1 saturated heterocycles. The molecule has 1 heterocycles. The molecule has 0 aromatic heterocycles. The van der Waals surface area contributed by atoms with Crippen LogP contribution in [0, 0.1) is 0 Å². The van der Waals surface area contributed by atoms with Crippen LogP contribution in [-0.4, -0.2) is 28.9 Å². The van der Waals surface area contributed by atoms with Crippen molar-refractivity contribution in [3.05, 3.63) is 42.0 Å². The summed E-state index contributed by atoms with van der Waals surface area (Å²) < 4.78 is 0. The largest absolute Gasteiger partial charge is 0.325 e. The highest BCUT2D eigenvalue weighted by Crippen LogP contribution is 2.32. The van der Waals surface area contributed by atoms with Crippen molar-refractivity contribution in [2.75, 3.05) is 6.54 Å². The molecule has 0 radical (unpaired) electrons. The van der Waals surface area contributed by atoms with Crippen LogP contribution < -0.4 is 5.32 Å². The third kappa shape index (κ3) is 3.46. The molecule has 2 fully saturated rings. The van der Waals surface area contributed by atoms with E-state index < -0.39 is 5.54 Å². The molecule has 1 N–H and O–H groups in total. The van der Waals surface area contributed by atoms with Crippen molar-refractivity contribution >= 4 is 18.0 Å². The van der Waals surface area contributed by atoms with Gasteiger partial charge in [-0.25, -0.2) is 4.79 Å². The SMILES string of the molecule is O=C1NC2(CCCCCCC2)C(=O)N1C/C=C/c1ccccc1. The van der Waals surface area contributed by atoms with Crippen LogP contribution in [0.25, 0.3) is 6.08 Å². The van der Waals surface area contributed by atoms with Crippen LogP contribution in [-0.2, 0) is 4.79 Å². The molecule has 122 valence electrons. The highest BCUT2D eigenvalue weighted by Gasteiger charge is 2.49. The molecule has 3 rings (SSSR count). The third-order valence-corrected chi connectivity index (χ3v) is 4.85. The number of carbonyl (C=O) groups is 2. The number of nitrogens with one attached hydrogen (secondary N) is 1. The second-order valence-electron chi connectivity index (χ2n) is 6.51. The maximum absolute atomic E-state index is 12.8. The van der Waals surface area contributed by atoms with Gasteiger partial charge in [-0.15, -0.1) is 0 Å². The molecule has 4 nitrogen and oxygen atoms in total. The molecular weight excluding hydrogens is 288 g/mol. The maximum atomic E-state index is 12.8. The summed E-state index contributed by atoms with van der Waals surface area (Å²) in [7, 11) is 0. The number of carbonyl (C=O) groups excluding carboxylic acids is 2. The average molecular weight is 312 g/mol. The molecule has 0 bridgehead atoms. The monoisotopic (exact) mass is 312 g/mol. The molecule has 0 atom stereocenters. The minimum atomic E-state index is -0.641. The molecule has 2 aliphatic rings. The Morgan fingerprint density at radius 1 is 1.00 bits per heavy atom. The Morgan fingerprint density at radius 2 is 1.65 bits per heavy atom. The number of nitrogens with zero attached hydrogens (tertiary/aromatic N) is 1. The highest BCUT2D eigenvalue weighted by molar-refractivity contribution is 6.07. The minimum absolute atomic E-state index is 0.0397. The van der Waals surface area contributed by atoms with Crippen LogP contribution in [0.1, 0.15) is 50.5 Å². The smallest absolute Gasteiger partial charge is 0.323 e. The van der Waals surface area contributed by atoms with E-state index in [1.807, 2.05) is 42.5 Å². The van der Waals surface area contributed by atoms with Crippen molar-refractivity contribution in [1.82, 2.24) is 10.2 Å². The van der Waals surface area contributed by atoms with Crippen LogP contribution in [0.15, 0.2) is 36.4 Å². The highest BCUT2D eigenvalue weighted by atomic mass is 16.2. The fourth-order valence-electron chi connectivity index (χ4n) is 3.55. The van der Waals surface area contributed by atoms with E-state index in [4.69, 9.17) is 0 Å². The fourth-order valence-corrected chi connectivity index (χ4v) is 3.55. The lowest BCUT2D eigenvalue weighted by Gasteiger charge is -2.28. The Kier molecular flexibility index (Phi) is 4.79. The lowest BCUT2D eigenvalue weighted by atomic mass is 9.84. The maximum Gasteiger partial charge on any atom is 0.325 e. The van der Waals surface area contributed by atoms with Gasteiger partial charge >= 0.3 is 6.03 Å². The van der Waals surface area contributed by atoms with E-state index in [2.05, 4.69) is 5.32 Å². The summed E-state index contributed by atoms with van der Waals surface area (Å²) in [4.78, 5) is 26.4. The third-order valence-electron chi connectivity index (χ3n) is 4.85. The number of imide groups is 1. The van der Waals surface area contributed by atoms with Gasteiger partial charge in [0.15, 0.2) is 0 Å². The Morgan fingerprint density at radius 3 is 2.35 bits per heavy atom. The second-order valence-corrected chi connectivity index (χ2v) is 6.51. The molecule has 1 spiro atoms. The molecule has 1 aliphatic carbocycles. The van der Waals surface area contributed by atoms with Crippen LogP contribution in [0.3, 0.4) is 0 Å². The van der Waals surface area contributed by atoms with Crippen LogP contribution in [0.4, 0.5) is 4.79 Å². The Bertz CT molecular complexity index is 587. The summed E-state index contributed by atoms with van der Waals surface area (Å²) >= 11 is 0. The normalized spacial score (nSPS) is 21.5. The van der Waals surface area contributed by atoms with Crippen LogP contribution in [0.5, 0.6) is 0 Å². The van der Waals surface area contributed by atoms with Gasteiger partial charge in [0, 0.05) is 6.54 Å². The number of rotatable bonds is 3. The van der Waals surface area contributed by atoms with E-state index in [0.717, 1.165) is 44.1 Å². The van der Waals surface area contributed by atoms with E-state index in [1.54, 1.807) is 0 Å². The fraction of sp³-hybridized carbons (Fsp3) is 0.474. The molecule has 0 unspecified atom stereocenters. The van der Waals surface area contributed by atoms with Gasteiger partial charge in [0.05, 0.1) is 0 Å². The lowest BCUT2D eigenvalue weighted by molar-refractivity contribution is -0.131. The van der Waals surface area contributed by atoms with Crippen molar-refractivity contribution < 1.29 is 9.59 Å². The van der Waals surface area contributed by atoms with Gasteiger partial charge in [-0.05, 0) is 18.4 Å². The Hall–Kier alpha value is -2.10. The summed E-state index contributed by atoms with van der Waals surface area (Å²) in [5, 5.41) is 2.99. The van der Waals surface area contributed by atoms with E-state index >= 15 is 0 Å². The first-order valence-corrected chi connectivity index (χ1v) is 8.57. The van der Waals surface area contributed by atoms with Crippen molar-refractivity contribution in [3.8, 4) is 0 Å². The van der Waals surface area contributed by atoms with E-state index in [-0.39, 0.29) is 11.9 Å². The van der Waals surface area contributed by atoms with Crippen molar-refractivity contribution in [1.29, 1.82) is 0 Å². The summed E-state index contributed by atoms with van der Waals surface area (Å²) in [6.07, 6.45) is 10.9. The standard InChI is InChI=1S/C19H24N2O2/c22-17-19(13-7-2-1-3-8-14-19)20-18(23)21(17)15-9-12-16-10-5-4-6-11-16/h4-6,9-12H,1-3,7-8,13-15H2,(H,20,23)/b12-9+. The zero-order chi connectivity index (χ0) is 16.1. The van der Waals surface area contributed by atoms with Gasteiger partial charge in [-0.3, -0.25) is 9.69 Å². The zero-order valence-corrected chi connectivity index (χ0v) is 13.5. The minimum Gasteiger partial charge on any atom is -0.323 e. The predicted octanol–water partition coefficient (Wildman–Crippen LogP) is 3.73. The van der Waals surface area contributed by atoms with Gasteiger partial charge in [0.25, 0.3) is 5.91 Å². The average Bonchev–Trinajstić information content (AvgIpc) is 2.77. The summed E-state index contributed by atoms with van der Waals surface area (Å²) in [5.74, 6) is -0.0397. The first kappa shape index (κ1) is 15.8. The van der Waals surface area contributed by atoms with E-state index in [1.165, 1.54) is 11.3 Å². The van der Waals surface area contributed by atoms with Crippen molar-refractivity contribution in [2.24, 2.45) is 0 Å². The summed E-state index contributed by atoms with van der Waals surface area (Å²) in [6.45, 7) is 0.335. The molecule has 3 amide bonds. The van der Waals surface area contributed by atoms with Crippen molar-refractivity contribution in [3.63, 3.8) is 0 Å². The molecule has 1 aromatic carbocycles. The number of hydrogen-bond acceptors (Lipinski definition) is 2. The lowest BCUT2D eigenvalue weighted by Crippen LogP contribution is -2.47. The first-order chi connectivity index (χ1) is 11.2. The van der Waals surface area contributed by atoms with Gasteiger partial charge in [-0.1, -0.05) is 74.6 Å². The van der Waals surface area contributed by atoms with Crippen LogP contribution >= 0.6 is 0 Å². The van der Waals surface area contributed by atoms with E-state index in [9.17, 15) is 9.59 Å². The molecule has 1 saturated carbocycles. The summed E-state index contributed by atoms with van der Waals surface area (Å²) in [6, 6.07) is 9.66. The first-order valence-electron chi connectivity index (χ1n) is 8.57. The van der Waals surface area contributed by atoms with E-state index in [0.29, 0.717) is 6.54 Å². The number of amides is 3. The zero-order valence-electron chi connectivity index (χ0n) is 13.5. The number of hydrogen-bond donors (Lipinski definition) is 1. The quantitative estimate of drug-likeness (QED) is 0.865. The van der Waals surface area contributed by atoms with Gasteiger partial charge < -0.3 is 5.32 Å². The van der Waals surface area contributed by atoms with Crippen molar-refractivity contribution in [2.45, 2.75) is 50.5 Å². The molecule has 4 heteroatoms.